The fourth-order valence-electron chi connectivity index (χ4n) is 2.61. The Morgan fingerprint density at radius 3 is 2.57 bits per heavy atom. The van der Waals surface area contributed by atoms with Gasteiger partial charge in [0.2, 0.25) is 0 Å². The van der Waals surface area contributed by atoms with Crippen molar-refractivity contribution in [2.75, 3.05) is 26.2 Å². The molecule has 0 aromatic carbocycles. The molecule has 2 saturated heterocycles. The Bertz CT molecular complexity index is 169. The van der Waals surface area contributed by atoms with Gasteiger partial charge in [0.25, 0.3) is 0 Å². The van der Waals surface area contributed by atoms with Crippen LogP contribution in [0.3, 0.4) is 0 Å². The van der Waals surface area contributed by atoms with E-state index in [1.54, 1.807) is 0 Å². The number of alkyl halides is 1. The third-order valence-corrected chi connectivity index (χ3v) is 3.52. The van der Waals surface area contributed by atoms with E-state index in [0.717, 1.165) is 51.5 Å². The van der Waals surface area contributed by atoms with E-state index >= 15 is 0 Å². The first kappa shape index (κ1) is 10.4. The van der Waals surface area contributed by atoms with Crippen molar-refractivity contribution < 1.29 is 4.39 Å². The number of hydrogen-bond acceptors (Lipinski definition) is 2. The van der Waals surface area contributed by atoms with Gasteiger partial charge in [0.1, 0.15) is 6.17 Å². The maximum absolute atomic E-state index is 13.1. The highest BCUT2D eigenvalue weighted by molar-refractivity contribution is 4.80. The molecule has 0 aromatic rings. The van der Waals surface area contributed by atoms with Gasteiger partial charge in [0.15, 0.2) is 0 Å². The third kappa shape index (κ3) is 2.67. The second-order valence-electron chi connectivity index (χ2n) is 4.55. The minimum atomic E-state index is -0.540. The number of piperidine rings is 1. The van der Waals surface area contributed by atoms with Crippen LogP contribution in [-0.2, 0) is 0 Å². The van der Waals surface area contributed by atoms with Gasteiger partial charge in [-0.2, -0.15) is 0 Å². The molecule has 1 atom stereocenters. The molecule has 0 aromatic heterocycles. The molecule has 1 unspecified atom stereocenters. The Hall–Kier alpha value is -0.150. The maximum Gasteiger partial charge on any atom is 0.101 e. The molecule has 0 radical (unpaired) electrons. The van der Waals surface area contributed by atoms with E-state index in [2.05, 4.69) is 10.2 Å². The summed E-state index contributed by atoms with van der Waals surface area (Å²) >= 11 is 0. The monoisotopic (exact) mass is 200 g/mol. The summed E-state index contributed by atoms with van der Waals surface area (Å²) in [6, 6.07) is 0.724. The van der Waals surface area contributed by atoms with Crippen LogP contribution in [0.15, 0.2) is 0 Å². The molecule has 2 aliphatic heterocycles. The molecular formula is C11H21FN2. The normalized spacial score (nSPS) is 32.8. The highest BCUT2D eigenvalue weighted by Crippen LogP contribution is 2.19. The van der Waals surface area contributed by atoms with Crippen LogP contribution < -0.4 is 5.32 Å². The van der Waals surface area contributed by atoms with Gasteiger partial charge >= 0.3 is 0 Å². The Balaban J connectivity index is 1.83. The molecule has 2 heterocycles. The minimum Gasteiger partial charge on any atom is -0.317 e. The summed E-state index contributed by atoms with van der Waals surface area (Å²) < 4.78 is 13.1. The number of hydrogen-bond donors (Lipinski definition) is 1. The summed E-state index contributed by atoms with van der Waals surface area (Å²) in [6.45, 7) is 4.37. The van der Waals surface area contributed by atoms with Crippen LogP contribution in [-0.4, -0.2) is 43.3 Å². The van der Waals surface area contributed by atoms with E-state index in [4.69, 9.17) is 0 Å². The summed E-state index contributed by atoms with van der Waals surface area (Å²) in [5.74, 6) is 0. The standard InChI is InChI=1S/C11H21FN2/c12-10-2-1-8-14(9-5-10)11-3-6-13-7-4-11/h10-11,13H,1-9H2. The molecule has 2 nitrogen and oxygen atoms in total. The Labute approximate surface area is 85.9 Å². The quantitative estimate of drug-likeness (QED) is 0.691. The molecule has 3 heteroatoms. The van der Waals surface area contributed by atoms with Gasteiger partial charge in [-0.05, 0) is 51.7 Å². The fourth-order valence-corrected chi connectivity index (χ4v) is 2.61. The van der Waals surface area contributed by atoms with Crippen molar-refractivity contribution in [1.29, 1.82) is 0 Å². The number of halogens is 1. The second kappa shape index (κ2) is 5.08. The van der Waals surface area contributed by atoms with E-state index < -0.39 is 6.17 Å². The van der Waals surface area contributed by atoms with Crippen molar-refractivity contribution >= 4 is 0 Å². The van der Waals surface area contributed by atoms with Crippen molar-refractivity contribution in [3.8, 4) is 0 Å². The highest BCUT2D eigenvalue weighted by Gasteiger charge is 2.23. The van der Waals surface area contributed by atoms with E-state index in [-0.39, 0.29) is 0 Å². The molecule has 0 amide bonds. The maximum atomic E-state index is 13.1. The van der Waals surface area contributed by atoms with Crippen molar-refractivity contribution in [3.63, 3.8) is 0 Å². The molecule has 0 aliphatic carbocycles. The van der Waals surface area contributed by atoms with E-state index in [1.165, 1.54) is 12.8 Å². The number of nitrogens with zero attached hydrogens (tertiary/aromatic N) is 1. The zero-order valence-corrected chi connectivity index (χ0v) is 8.84. The molecule has 0 saturated carbocycles. The molecule has 1 N–H and O–H groups in total. The first-order valence-corrected chi connectivity index (χ1v) is 5.95. The summed E-state index contributed by atoms with van der Waals surface area (Å²) in [7, 11) is 0. The predicted molar refractivity (Wildman–Crippen MR) is 56.2 cm³/mol. The molecule has 14 heavy (non-hydrogen) atoms. The molecule has 2 rings (SSSR count). The van der Waals surface area contributed by atoms with Crippen LogP contribution in [0.4, 0.5) is 4.39 Å². The van der Waals surface area contributed by atoms with Gasteiger partial charge in [0, 0.05) is 12.6 Å². The molecule has 2 aliphatic rings. The average molecular weight is 200 g/mol. The summed E-state index contributed by atoms with van der Waals surface area (Å²) in [5, 5.41) is 3.38. The lowest BCUT2D eigenvalue weighted by atomic mass is 10.0. The van der Waals surface area contributed by atoms with E-state index in [0.29, 0.717) is 0 Å². The molecular weight excluding hydrogens is 179 g/mol. The van der Waals surface area contributed by atoms with Crippen LogP contribution >= 0.6 is 0 Å². The van der Waals surface area contributed by atoms with Crippen LogP contribution in [0.2, 0.25) is 0 Å². The summed E-state index contributed by atoms with van der Waals surface area (Å²) in [5.41, 5.74) is 0. The van der Waals surface area contributed by atoms with Crippen molar-refractivity contribution in [2.24, 2.45) is 0 Å². The van der Waals surface area contributed by atoms with Crippen molar-refractivity contribution in [2.45, 2.75) is 44.3 Å². The molecule has 82 valence electrons. The Kier molecular flexibility index (Phi) is 3.76. The fraction of sp³-hybridized carbons (Fsp3) is 1.00. The minimum absolute atomic E-state index is 0.540. The number of nitrogens with one attached hydrogen (secondary N) is 1. The van der Waals surface area contributed by atoms with Crippen molar-refractivity contribution in [1.82, 2.24) is 10.2 Å². The lowest BCUT2D eigenvalue weighted by molar-refractivity contribution is 0.164. The van der Waals surface area contributed by atoms with Crippen LogP contribution in [0.5, 0.6) is 0 Å². The topological polar surface area (TPSA) is 15.3 Å². The Morgan fingerprint density at radius 2 is 1.79 bits per heavy atom. The van der Waals surface area contributed by atoms with E-state index in [1.807, 2.05) is 0 Å². The smallest absolute Gasteiger partial charge is 0.101 e. The zero-order valence-electron chi connectivity index (χ0n) is 8.84. The first-order valence-electron chi connectivity index (χ1n) is 5.95. The van der Waals surface area contributed by atoms with Gasteiger partial charge in [-0.1, -0.05) is 0 Å². The summed E-state index contributed by atoms with van der Waals surface area (Å²) in [6.07, 6.45) is 4.53. The average Bonchev–Trinajstić information content (AvgIpc) is 2.44. The van der Waals surface area contributed by atoms with Gasteiger partial charge < -0.3 is 10.2 Å². The first-order chi connectivity index (χ1) is 6.86. The highest BCUT2D eigenvalue weighted by atomic mass is 19.1. The van der Waals surface area contributed by atoms with Gasteiger partial charge in [0.05, 0.1) is 0 Å². The molecule has 0 spiro atoms. The van der Waals surface area contributed by atoms with Crippen molar-refractivity contribution in [3.05, 3.63) is 0 Å². The SMILES string of the molecule is FC1CCCN(C2CCNCC2)CC1. The summed E-state index contributed by atoms with van der Waals surface area (Å²) in [4.78, 5) is 2.51. The third-order valence-electron chi connectivity index (χ3n) is 3.52. The largest absolute Gasteiger partial charge is 0.317 e. The van der Waals surface area contributed by atoms with Crippen LogP contribution in [0.25, 0.3) is 0 Å². The zero-order chi connectivity index (χ0) is 9.80. The molecule has 0 bridgehead atoms. The van der Waals surface area contributed by atoms with Gasteiger partial charge in [-0.15, -0.1) is 0 Å². The lowest BCUT2D eigenvalue weighted by Crippen LogP contribution is -2.43. The van der Waals surface area contributed by atoms with Gasteiger partial charge in [-0.25, -0.2) is 4.39 Å². The number of rotatable bonds is 1. The number of likely N-dealkylation sites (tertiary alicyclic amines) is 1. The van der Waals surface area contributed by atoms with Crippen LogP contribution in [0, 0.1) is 0 Å². The van der Waals surface area contributed by atoms with Gasteiger partial charge in [-0.3, -0.25) is 0 Å². The Morgan fingerprint density at radius 1 is 1.00 bits per heavy atom. The van der Waals surface area contributed by atoms with E-state index in [9.17, 15) is 4.39 Å². The second-order valence-corrected chi connectivity index (χ2v) is 4.55. The lowest BCUT2D eigenvalue weighted by Gasteiger charge is -2.33. The predicted octanol–water partition coefficient (Wildman–Crippen LogP) is 1.56. The molecule has 2 fully saturated rings. The van der Waals surface area contributed by atoms with Crippen LogP contribution in [0.1, 0.15) is 32.1 Å².